The van der Waals surface area contributed by atoms with E-state index in [1.54, 1.807) is 17.1 Å². The van der Waals surface area contributed by atoms with Gasteiger partial charge in [-0.1, -0.05) is 0 Å². The molecule has 5 heteroatoms. The van der Waals surface area contributed by atoms with Crippen LogP contribution in [0.2, 0.25) is 0 Å². The van der Waals surface area contributed by atoms with Crippen LogP contribution in [0.3, 0.4) is 0 Å². The Balaban J connectivity index is 2.36. The van der Waals surface area contributed by atoms with Gasteiger partial charge in [-0.25, -0.2) is 19.6 Å². The molecule has 0 radical (unpaired) electrons. The molecule has 0 saturated heterocycles. The van der Waals surface area contributed by atoms with E-state index in [0.717, 1.165) is 11.2 Å². The van der Waals surface area contributed by atoms with Crippen LogP contribution in [-0.4, -0.2) is 24.7 Å². The minimum absolute atomic E-state index is 0.679. The maximum absolute atomic E-state index is 4.20. The van der Waals surface area contributed by atoms with Crippen molar-refractivity contribution >= 4 is 11.0 Å². The number of nitrogens with zero attached hydrogens (tertiary/aromatic N) is 5. The van der Waals surface area contributed by atoms with Crippen molar-refractivity contribution in [3.63, 3.8) is 0 Å². The Morgan fingerprint density at radius 3 is 2.87 bits per heavy atom. The molecule has 0 bridgehead atoms. The molecule has 72 valence electrons. The molecule has 0 atom stereocenters. The second kappa shape index (κ2) is 3.13. The average molecular weight is 197 g/mol. The van der Waals surface area contributed by atoms with Crippen molar-refractivity contribution in [2.24, 2.45) is 0 Å². The second-order valence-electron chi connectivity index (χ2n) is 3.02. The van der Waals surface area contributed by atoms with E-state index in [1.807, 2.05) is 24.4 Å². The fourth-order valence-corrected chi connectivity index (χ4v) is 1.46. The van der Waals surface area contributed by atoms with Crippen LogP contribution in [-0.2, 0) is 0 Å². The highest BCUT2D eigenvalue weighted by molar-refractivity contribution is 5.81. The Morgan fingerprint density at radius 2 is 2.00 bits per heavy atom. The van der Waals surface area contributed by atoms with Crippen molar-refractivity contribution in [2.45, 2.75) is 0 Å². The van der Waals surface area contributed by atoms with Gasteiger partial charge < -0.3 is 0 Å². The van der Waals surface area contributed by atoms with Crippen molar-refractivity contribution in [3.05, 3.63) is 43.1 Å². The van der Waals surface area contributed by atoms with E-state index in [4.69, 9.17) is 0 Å². The van der Waals surface area contributed by atoms with Gasteiger partial charge in [-0.15, -0.1) is 0 Å². The summed E-state index contributed by atoms with van der Waals surface area (Å²) in [6.45, 7) is 0. The summed E-state index contributed by atoms with van der Waals surface area (Å²) in [5, 5.41) is 5.03. The first-order valence-corrected chi connectivity index (χ1v) is 4.51. The third kappa shape index (κ3) is 1.25. The summed E-state index contributed by atoms with van der Waals surface area (Å²) in [6, 6.07) is 5.64. The van der Waals surface area contributed by atoms with Gasteiger partial charge in [0.05, 0.1) is 5.39 Å². The monoisotopic (exact) mass is 197 g/mol. The van der Waals surface area contributed by atoms with Gasteiger partial charge in [0.1, 0.15) is 6.33 Å². The van der Waals surface area contributed by atoms with Crippen LogP contribution in [0.5, 0.6) is 0 Å². The molecular weight excluding hydrogens is 190 g/mol. The van der Waals surface area contributed by atoms with Gasteiger partial charge in [0.25, 0.3) is 0 Å². The molecule has 0 spiro atoms. The Hall–Kier alpha value is -2.30. The summed E-state index contributed by atoms with van der Waals surface area (Å²) in [4.78, 5) is 12.4. The van der Waals surface area contributed by atoms with Crippen LogP contribution < -0.4 is 0 Å². The van der Waals surface area contributed by atoms with Crippen molar-refractivity contribution < 1.29 is 0 Å². The number of aromatic nitrogens is 5. The minimum atomic E-state index is 0.679. The third-order valence-corrected chi connectivity index (χ3v) is 2.11. The molecule has 0 aromatic carbocycles. The second-order valence-corrected chi connectivity index (χ2v) is 3.02. The summed E-state index contributed by atoms with van der Waals surface area (Å²) in [6.07, 6.45) is 6.76. The maximum Gasteiger partial charge on any atom is 0.166 e. The zero-order chi connectivity index (χ0) is 10.1. The number of hydrogen-bond acceptors (Lipinski definition) is 4. The van der Waals surface area contributed by atoms with Crippen LogP contribution in [0.25, 0.3) is 16.9 Å². The van der Waals surface area contributed by atoms with Gasteiger partial charge in [0.2, 0.25) is 0 Å². The lowest BCUT2D eigenvalue weighted by Gasteiger charge is -2.02. The lowest BCUT2D eigenvalue weighted by Crippen LogP contribution is -2.00. The molecule has 3 heterocycles. The van der Waals surface area contributed by atoms with E-state index >= 15 is 0 Å². The molecule has 0 aliphatic heterocycles. The number of hydrogen-bond donors (Lipinski definition) is 0. The minimum Gasteiger partial charge on any atom is -0.236 e. The largest absolute Gasteiger partial charge is 0.236 e. The van der Waals surface area contributed by atoms with E-state index in [1.165, 1.54) is 6.33 Å². The van der Waals surface area contributed by atoms with Gasteiger partial charge >= 0.3 is 0 Å². The van der Waals surface area contributed by atoms with Gasteiger partial charge in [-0.3, -0.25) is 0 Å². The highest BCUT2D eigenvalue weighted by atomic mass is 15.3. The summed E-state index contributed by atoms with van der Waals surface area (Å²) in [5.41, 5.74) is 0.679. The molecule has 0 unspecified atom stereocenters. The molecule has 3 aromatic rings. The fraction of sp³-hybridized carbons (Fsp3) is 0. The van der Waals surface area contributed by atoms with Gasteiger partial charge in [0, 0.05) is 18.6 Å². The van der Waals surface area contributed by atoms with Crippen LogP contribution in [0.4, 0.5) is 0 Å². The molecule has 0 amide bonds. The zero-order valence-corrected chi connectivity index (χ0v) is 7.78. The Kier molecular flexibility index (Phi) is 1.68. The maximum atomic E-state index is 4.20. The number of rotatable bonds is 1. The standard InChI is InChI=1S/C10H7N5/c1-3-8-9(11-4-1)12-7-13-10(8)15-6-2-5-14-15/h1-7H. The molecular formula is C10H7N5. The summed E-state index contributed by atoms with van der Waals surface area (Å²) in [5.74, 6) is 0.748. The lowest BCUT2D eigenvalue weighted by molar-refractivity contribution is 0.850. The van der Waals surface area contributed by atoms with Crippen LogP contribution in [0.15, 0.2) is 43.1 Å². The lowest BCUT2D eigenvalue weighted by atomic mass is 10.3. The third-order valence-electron chi connectivity index (χ3n) is 2.11. The SMILES string of the molecule is c1cnc2ncnc(-n3cccn3)c2c1. The van der Waals surface area contributed by atoms with Crippen molar-refractivity contribution in [1.82, 2.24) is 24.7 Å². The Morgan fingerprint density at radius 1 is 1.00 bits per heavy atom. The van der Waals surface area contributed by atoms with Gasteiger partial charge in [-0.2, -0.15) is 5.10 Å². The summed E-state index contributed by atoms with van der Waals surface area (Å²) < 4.78 is 1.70. The van der Waals surface area contributed by atoms with Gasteiger partial charge in [-0.05, 0) is 18.2 Å². The fourth-order valence-electron chi connectivity index (χ4n) is 1.46. The molecule has 0 aliphatic carbocycles. The van der Waals surface area contributed by atoms with Crippen LogP contribution in [0.1, 0.15) is 0 Å². The molecule has 0 aliphatic rings. The van der Waals surface area contributed by atoms with Gasteiger partial charge in [0.15, 0.2) is 11.5 Å². The van der Waals surface area contributed by atoms with Crippen molar-refractivity contribution in [3.8, 4) is 5.82 Å². The van der Waals surface area contributed by atoms with E-state index in [-0.39, 0.29) is 0 Å². The Labute approximate surface area is 85.4 Å². The van der Waals surface area contributed by atoms with Crippen LogP contribution in [0, 0.1) is 0 Å². The molecule has 15 heavy (non-hydrogen) atoms. The normalized spacial score (nSPS) is 10.7. The summed E-state index contributed by atoms with van der Waals surface area (Å²) in [7, 11) is 0. The zero-order valence-electron chi connectivity index (χ0n) is 7.78. The smallest absolute Gasteiger partial charge is 0.166 e. The quantitative estimate of drug-likeness (QED) is 0.588. The molecule has 5 nitrogen and oxygen atoms in total. The molecule has 0 fully saturated rings. The average Bonchev–Trinajstić information content (AvgIpc) is 2.82. The molecule has 0 saturated carbocycles. The topological polar surface area (TPSA) is 56.5 Å². The molecule has 3 aromatic heterocycles. The summed E-state index contributed by atoms with van der Waals surface area (Å²) >= 11 is 0. The van der Waals surface area contributed by atoms with Crippen molar-refractivity contribution in [2.75, 3.05) is 0 Å². The number of pyridine rings is 1. The van der Waals surface area contributed by atoms with E-state index in [9.17, 15) is 0 Å². The predicted molar refractivity (Wildman–Crippen MR) is 54.5 cm³/mol. The predicted octanol–water partition coefficient (Wildman–Crippen LogP) is 1.21. The first-order chi connectivity index (χ1) is 7.45. The van der Waals surface area contributed by atoms with E-state index < -0.39 is 0 Å². The highest BCUT2D eigenvalue weighted by Crippen LogP contribution is 2.14. The number of fused-ring (bicyclic) bond motifs is 1. The first-order valence-electron chi connectivity index (χ1n) is 4.51. The first kappa shape index (κ1) is 8.05. The highest BCUT2D eigenvalue weighted by Gasteiger charge is 2.04. The molecule has 0 N–H and O–H groups in total. The Bertz CT molecular complexity index is 582. The van der Waals surface area contributed by atoms with E-state index in [0.29, 0.717) is 5.65 Å². The van der Waals surface area contributed by atoms with E-state index in [2.05, 4.69) is 20.1 Å². The van der Waals surface area contributed by atoms with Crippen molar-refractivity contribution in [1.29, 1.82) is 0 Å². The van der Waals surface area contributed by atoms with Crippen LogP contribution >= 0.6 is 0 Å². The molecule has 3 rings (SSSR count).